The molecular formula is C20H32O2. The van der Waals surface area contributed by atoms with Gasteiger partial charge in [-0.2, -0.15) is 0 Å². The molecule has 22 heavy (non-hydrogen) atoms. The highest BCUT2D eigenvalue weighted by Gasteiger charge is 2.61. The normalized spacial score (nSPS) is 57.9. The highest BCUT2D eigenvalue weighted by atomic mass is 16.3. The van der Waals surface area contributed by atoms with Gasteiger partial charge in [0, 0.05) is 12.8 Å². The third kappa shape index (κ3) is 1.85. The lowest BCUT2D eigenvalue weighted by Gasteiger charge is -2.60. The second kappa shape index (κ2) is 4.82. The zero-order chi connectivity index (χ0) is 15.7. The van der Waals surface area contributed by atoms with Crippen LogP contribution in [0.25, 0.3) is 0 Å². The number of Topliss-reactive ketones (excluding diaryl/α,β-unsaturated/α-hetero) is 1. The molecule has 4 fully saturated rings. The molecule has 2 nitrogen and oxygen atoms in total. The molecule has 4 rings (SSSR count). The van der Waals surface area contributed by atoms with Gasteiger partial charge in [-0.1, -0.05) is 20.8 Å². The molecule has 1 N–H and O–H groups in total. The first-order valence-electron chi connectivity index (χ1n) is 9.56. The average Bonchev–Trinajstić information content (AvgIpc) is 2.72. The molecule has 4 aliphatic carbocycles. The summed E-state index contributed by atoms with van der Waals surface area (Å²) in [5.74, 6) is 3.93. The minimum Gasteiger partial charge on any atom is -0.392 e. The van der Waals surface area contributed by atoms with E-state index in [9.17, 15) is 9.90 Å². The summed E-state index contributed by atoms with van der Waals surface area (Å²) in [6, 6.07) is 0. The Morgan fingerprint density at radius 2 is 1.82 bits per heavy atom. The van der Waals surface area contributed by atoms with E-state index in [1.807, 2.05) is 0 Å². The number of carbonyl (C=O) groups excluding carboxylic acids is 1. The minimum atomic E-state index is -0.100. The molecule has 0 aromatic carbocycles. The Balaban J connectivity index is 1.64. The lowest BCUT2D eigenvalue weighted by molar-refractivity contribution is -0.142. The van der Waals surface area contributed by atoms with Crippen LogP contribution in [0.4, 0.5) is 0 Å². The van der Waals surface area contributed by atoms with Crippen LogP contribution in [0, 0.1) is 40.4 Å². The van der Waals surface area contributed by atoms with Crippen molar-refractivity contribution in [1.29, 1.82) is 0 Å². The standard InChI is InChI=1S/C20H32O2/c1-12-10-17-15-5-4-13-11-14(21)6-8-19(13,2)16(15)7-9-20(17,3)18(12)22/h12-13,15-18,22H,4-11H2,1-3H3/t12-,13-,15?,16?,17?,18-,19-,20-/m0/s1. The van der Waals surface area contributed by atoms with E-state index >= 15 is 0 Å². The van der Waals surface area contributed by atoms with Gasteiger partial charge in [-0.15, -0.1) is 0 Å². The summed E-state index contributed by atoms with van der Waals surface area (Å²) < 4.78 is 0. The van der Waals surface area contributed by atoms with E-state index in [1.54, 1.807) is 0 Å². The van der Waals surface area contributed by atoms with Crippen LogP contribution < -0.4 is 0 Å². The van der Waals surface area contributed by atoms with Crippen molar-refractivity contribution in [2.45, 2.75) is 78.2 Å². The zero-order valence-electron chi connectivity index (χ0n) is 14.5. The number of hydrogen-bond acceptors (Lipinski definition) is 2. The van der Waals surface area contributed by atoms with Crippen LogP contribution in [0.5, 0.6) is 0 Å². The Bertz CT molecular complexity index is 486. The molecule has 0 radical (unpaired) electrons. The van der Waals surface area contributed by atoms with Crippen molar-refractivity contribution >= 4 is 5.78 Å². The summed E-state index contributed by atoms with van der Waals surface area (Å²) in [6.45, 7) is 7.11. The predicted molar refractivity (Wildman–Crippen MR) is 87.3 cm³/mol. The number of ketones is 1. The Morgan fingerprint density at radius 3 is 2.59 bits per heavy atom. The van der Waals surface area contributed by atoms with Crippen LogP contribution in [0.1, 0.15) is 72.1 Å². The molecule has 0 amide bonds. The maximum atomic E-state index is 11.9. The molecule has 2 heteroatoms. The first-order valence-corrected chi connectivity index (χ1v) is 9.56. The van der Waals surface area contributed by atoms with Gasteiger partial charge in [0.2, 0.25) is 0 Å². The van der Waals surface area contributed by atoms with Gasteiger partial charge in [0.15, 0.2) is 0 Å². The van der Waals surface area contributed by atoms with Crippen molar-refractivity contribution in [2.75, 3.05) is 0 Å². The van der Waals surface area contributed by atoms with E-state index in [0.29, 0.717) is 29.0 Å². The van der Waals surface area contributed by atoms with Gasteiger partial charge in [-0.05, 0) is 78.9 Å². The van der Waals surface area contributed by atoms with Crippen molar-refractivity contribution in [3.05, 3.63) is 0 Å². The Hall–Kier alpha value is -0.370. The molecule has 0 aliphatic heterocycles. The van der Waals surface area contributed by atoms with Crippen LogP contribution in [-0.4, -0.2) is 17.0 Å². The van der Waals surface area contributed by atoms with Crippen molar-refractivity contribution in [1.82, 2.24) is 0 Å². The largest absolute Gasteiger partial charge is 0.392 e. The summed E-state index contributed by atoms with van der Waals surface area (Å²) in [5, 5.41) is 10.7. The molecule has 0 bridgehead atoms. The number of carbonyl (C=O) groups is 1. The summed E-state index contributed by atoms with van der Waals surface area (Å²) in [5.41, 5.74) is 0.559. The molecule has 4 saturated carbocycles. The SMILES string of the molecule is C[C@H]1CC2C3CC[C@H]4CC(=O)CC[C@]4(C)C3CC[C@]2(C)[C@H]1O. The third-order valence-electron chi connectivity index (χ3n) is 8.76. The van der Waals surface area contributed by atoms with Gasteiger partial charge in [0.1, 0.15) is 5.78 Å². The number of aliphatic hydroxyl groups excluding tert-OH is 1. The molecule has 0 aromatic rings. The van der Waals surface area contributed by atoms with Crippen molar-refractivity contribution in [3.8, 4) is 0 Å². The molecular weight excluding hydrogens is 272 g/mol. The van der Waals surface area contributed by atoms with Crippen LogP contribution in [0.15, 0.2) is 0 Å². The maximum Gasteiger partial charge on any atom is 0.133 e. The predicted octanol–water partition coefficient (Wildman–Crippen LogP) is 4.21. The second-order valence-corrected chi connectivity index (χ2v) is 9.60. The number of aliphatic hydroxyl groups is 1. The lowest BCUT2D eigenvalue weighted by atomic mass is 9.45. The van der Waals surface area contributed by atoms with Gasteiger partial charge in [0.25, 0.3) is 0 Å². The summed E-state index contributed by atoms with van der Waals surface area (Å²) in [4.78, 5) is 11.9. The molecule has 4 aliphatic rings. The molecule has 0 spiro atoms. The van der Waals surface area contributed by atoms with E-state index in [2.05, 4.69) is 20.8 Å². The topological polar surface area (TPSA) is 37.3 Å². The van der Waals surface area contributed by atoms with Gasteiger partial charge in [0.05, 0.1) is 6.10 Å². The number of rotatable bonds is 0. The monoisotopic (exact) mass is 304 g/mol. The Labute approximate surface area is 135 Å². The first-order chi connectivity index (χ1) is 10.4. The third-order valence-corrected chi connectivity index (χ3v) is 8.76. The Kier molecular flexibility index (Phi) is 3.32. The van der Waals surface area contributed by atoms with Gasteiger partial charge < -0.3 is 5.11 Å². The quantitative estimate of drug-likeness (QED) is 0.728. The van der Waals surface area contributed by atoms with E-state index < -0.39 is 0 Å². The van der Waals surface area contributed by atoms with Crippen LogP contribution in [0.2, 0.25) is 0 Å². The zero-order valence-corrected chi connectivity index (χ0v) is 14.5. The van der Waals surface area contributed by atoms with Crippen LogP contribution >= 0.6 is 0 Å². The summed E-state index contributed by atoms with van der Waals surface area (Å²) in [7, 11) is 0. The van der Waals surface area contributed by atoms with E-state index in [4.69, 9.17) is 0 Å². The fourth-order valence-electron chi connectivity index (χ4n) is 7.38. The van der Waals surface area contributed by atoms with Crippen LogP contribution in [-0.2, 0) is 4.79 Å². The number of hydrogen-bond donors (Lipinski definition) is 1. The fraction of sp³-hybridized carbons (Fsp3) is 0.950. The first kappa shape index (κ1) is 15.2. The van der Waals surface area contributed by atoms with Crippen molar-refractivity contribution in [3.63, 3.8) is 0 Å². The smallest absolute Gasteiger partial charge is 0.133 e. The van der Waals surface area contributed by atoms with E-state index in [1.165, 1.54) is 32.1 Å². The molecule has 0 aromatic heterocycles. The van der Waals surface area contributed by atoms with Gasteiger partial charge in [-0.3, -0.25) is 4.79 Å². The molecule has 3 unspecified atom stereocenters. The molecule has 0 saturated heterocycles. The maximum absolute atomic E-state index is 11.9. The molecule has 0 heterocycles. The van der Waals surface area contributed by atoms with Gasteiger partial charge in [-0.25, -0.2) is 0 Å². The van der Waals surface area contributed by atoms with Crippen LogP contribution in [0.3, 0.4) is 0 Å². The second-order valence-electron chi connectivity index (χ2n) is 9.60. The molecule has 124 valence electrons. The van der Waals surface area contributed by atoms with Gasteiger partial charge >= 0.3 is 0 Å². The average molecular weight is 304 g/mol. The van der Waals surface area contributed by atoms with Crippen molar-refractivity contribution < 1.29 is 9.90 Å². The highest BCUT2D eigenvalue weighted by molar-refractivity contribution is 5.79. The lowest BCUT2D eigenvalue weighted by Crippen LogP contribution is -2.54. The molecule has 8 atom stereocenters. The Morgan fingerprint density at radius 1 is 1.05 bits per heavy atom. The minimum absolute atomic E-state index is 0.100. The van der Waals surface area contributed by atoms with E-state index in [-0.39, 0.29) is 11.5 Å². The van der Waals surface area contributed by atoms with Crippen molar-refractivity contribution in [2.24, 2.45) is 40.4 Å². The summed E-state index contributed by atoms with van der Waals surface area (Å²) >= 11 is 0. The fourth-order valence-corrected chi connectivity index (χ4v) is 7.38. The van der Waals surface area contributed by atoms with E-state index in [0.717, 1.165) is 31.1 Å². The highest BCUT2D eigenvalue weighted by Crippen LogP contribution is 2.66. The number of fused-ring (bicyclic) bond motifs is 5. The summed E-state index contributed by atoms with van der Waals surface area (Å²) in [6.07, 6.45) is 8.94.